The highest BCUT2D eigenvalue weighted by molar-refractivity contribution is 5.57. The van der Waals surface area contributed by atoms with Crippen molar-refractivity contribution in [2.75, 3.05) is 18.0 Å². The second-order valence-electron chi connectivity index (χ2n) is 4.73. The van der Waals surface area contributed by atoms with Crippen LogP contribution in [0.1, 0.15) is 19.4 Å². The molecule has 0 radical (unpaired) electrons. The minimum Gasteiger partial charge on any atom is -0.369 e. The summed E-state index contributed by atoms with van der Waals surface area (Å²) in [5.74, 6) is 0.553. The fourth-order valence-electron chi connectivity index (χ4n) is 2.06. The van der Waals surface area contributed by atoms with Crippen molar-refractivity contribution in [1.82, 2.24) is 0 Å². The molecule has 0 aromatic heterocycles. The molecular formula is C13H20N2. The molecule has 0 bridgehead atoms. The number of para-hydroxylation sites is 1. The van der Waals surface area contributed by atoms with Crippen molar-refractivity contribution in [2.24, 2.45) is 11.7 Å². The molecule has 82 valence electrons. The van der Waals surface area contributed by atoms with Crippen LogP contribution in [0.15, 0.2) is 24.3 Å². The zero-order valence-corrected chi connectivity index (χ0v) is 9.61. The average Bonchev–Trinajstić information content (AvgIpc) is 2.62. The smallest absolute Gasteiger partial charge is 0.0400 e. The molecule has 1 aromatic carbocycles. The number of fused-ring (bicyclic) bond motifs is 1. The lowest BCUT2D eigenvalue weighted by molar-refractivity contribution is 0.488. The first kappa shape index (κ1) is 10.5. The predicted octanol–water partition coefficient (Wildman–Crippen LogP) is 2.03. The summed E-state index contributed by atoms with van der Waals surface area (Å²) in [4.78, 5) is 2.42. The Morgan fingerprint density at radius 3 is 2.80 bits per heavy atom. The molecule has 0 amide bonds. The maximum absolute atomic E-state index is 6.11. The van der Waals surface area contributed by atoms with E-state index in [0.29, 0.717) is 5.92 Å². The molecule has 0 spiro atoms. The van der Waals surface area contributed by atoms with Gasteiger partial charge in [-0.2, -0.15) is 0 Å². The van der Waals surface area contributed by atoms with Crippen molar-refractivity contribution in [3.05, 3.63) is 29.8 Å². The second-order valence-corrected chi connectivity index (χ2v) is 4.73. The van der Waals surface area contributed by atoms with E-state index in [9.17, 15) is 0 Å². The van der Waals surface area contributed by atoms with Crippen LogP contribution >= 0.6 is 0 Å². The Kier molecular flexibility index (Phi) is 2.96. The van der Waals surface area contributed by atoms with Crippen molar-refractivity contribution in [3.8, 4) is 0 Å². The minimum absolute atomic E-state index is 0.274. The zero-order valence-electron chi connectivity index (χ0n) is 9.61. The van der Waals surface area contributed by atoms with Crippen LogP contribution in [0.5, 0.6) is 0 Å². The summed E-state index contributed by atoms with van der Waals surface area (Å²) in [7, 11) is 0. The summed E-state index contributed by atoms with van der Waals surface area (Å²) in [6.07, 6.45) is 1.17. The normalized spacial score (nSPS) is 16.9. The van der Waals surface area contributed by atoms with E-state index in [2.05, 4.69) is 43.0 Å². The second kappa shape index (κ2) is 4.23. The third-order valence-electron chi connectivity index (χ3n) is 3.27. The lowest BCUT2D eigenvalue weighted by Crippen LogP contribution is -2.40. The molecule has 1 heterocycles. The molecule has 0 unspecified atom stereocenters. The molecular weight excluding hydrogens is 184 g/mol. The van der Waals surface area contributed by atoms with Gasteiger partial charge in [0.15, 0.2) is 0 Å². The number of nitrogens with zero attached hydrogens (tertiary/aromatic N) is 1. The summed E-state index contributed by atoms with van der Waals surface area (Å²) < 4.78 is 0. The molecule has 0 saturated heterocycles. The van der Waals surface area contributed by atoms with Crippen molar-refractivity contribution < 1.29 is 0 Å². The van der Waals surface area contributed by atoms with Crippen LogP contribution < -0.4 is 10.6 Å². The summed E-state index contributed by atoms with van der Waals surface area (Å²) in [6, 6.07) is 8.92. The highest BCUT2D eigenvalue weighted by Gasteiger charge is 2.20. The SMILES string of the molecule is CC(C)[C@@H](N)CN1CCc2ccccc21. The van der Waals surface area contributed by atoms with Gasteiger partial charge >= 0.3 is 0 Å². The fraction of sp³-hybridized carbons (Fsp3) is 0.538. The van der Waals surface area contributed by atoms with E-state index in [-0.39, 0.29) is 6.04 Å². The van der Waals surface area contributed by atoms with Crippen LogP contribution in [0.4, 0.5) is 5.69 Å². The number of nitrogens with two attached hydrogens (primary N) is 1. The van der Waals surface area contributed by atoms with Gasteiger partial charge in [0.25, 0.3) is 0 Å². The lowest BCUT2D eigenvalue weighted by Gasteiger charge is -2.25. The molecule has 2 heteroatoms. The van der Waals surface area contributed by atoms with Gasteiger partial charge in [-0.3, -0.25) is 0 Å². The van der Waals surface area contributed by atoms with Crippen LogP contribution in [0, 0.1) is 5.92 Å². The van der Waals surface area contributed by atoms with Gasteiger partial charge in [0.2, 0.25) is 0 Å². The number of benzene rings is 1. The van der Waals surface area contributed by atoms with Gasteiger partial charge in [-0.25, -0.2) is 0 Å². The summed E-state index contributed by atoms with van der Waals surface area (Å²) in [5.41, 5.74) is 8.96. The topological polar surface area (TPSA) is 29.3 Å². The van der Waals surface area contributed by atoms with Crippen LogP contribution in [0.3, 0.4) is 0 Å². The molecule has 0 saturated carbocycles. The first-order valence-electron chi connectivity index (χ1n) is 5.77. The monoisotopic (exact) mass is 204 g/mol. The standard InChI is InChI=1S/C13H20N2/c1-10(2)12(14)9-15-8-7-11-5-3-4-6-13(11)15/h3-6,10,12H,7-9,14H2,1-2H3/t12-/m0/s1. The number of rotatable bonds is 3. The molecule has 0 fully saturated rings. The maximum atomic E-state index is 6.11. The van der Waals surface area contributed by atoms with Crippen LogP contribution in [-0.2, 0) is 6.42 Å². The van der Waals surface area contributed by atoms with Crippen LogP contribution in [-0.4, -0.2) is 19.1 Å². The van der Waals surface area contributed by atoms with Crippen LogP contribution in [0.25, 0.3) is 0 Å². The molecule has 1 aliphatic heterocycles. The minimum atomic E-state index is 0.274. The number of hydrogen-bond donors (Lipinski definition) is 1. The molecule has 2 nitrogen and oxygen atoms in total. The van der Waals surface area contributed by atoms with E-state index in [1.165, 1.54) is 17.7 Å². The van der Waals surface area contributed by atoms with Gasteiger partial charge in [-0.1, -0.05) is 32.0 Å². The lowest BCUT2D eigenvalue weighted by atomic mass is 10.1. The molecule has 15 heavy (non-hydrogen) atoms. The van der Waals surface area contributed by atoms with Gasteiger partial charge in [0.1, 0.15) is 0 Å². The highest BCUT2D eigenvalue weighted by atomic mass is 15.2. The first-order chi connectivity index (χ1) is 7.18. The fourth-order valence-corrected chi connectivity index (χ4v) is 2.06. The van der Waals surface area contributed by atoms with E-state index in [0.717, 1.165) is 13.1 Å². The Balaban J connectivity index is 2.08. The zero-order chi connectivity index (χ0) is 10.8. The van der Waals surface area contributed by atoms with Gasteiger partial charge in [0, 0.05) is 24.8 Å². The molecule has 0 aliphatic carbocycles. The summed E-state index contributed by atoms with van der Waals surface area (Å²) >= 11 is 0. The third kappa shape index (κ3) is 2.15. The summed E-state index contributed by atoms with van der Waals surface area (Å²) in [5, 5.41) is 0. The Morgan fingerprint density at radius 2 is 2.07 bits per heavy atom. The maximum Gasteiger partial charge on any atom is 0.0400 e. The third-order valence-corrected chi connectivity index (χ3v) is 3.27. The average molecular weight is 204 g/mol. The summed E-state index contributed by atoms with van der Waals surface area (Å²) in [6.45, 7) is 6.48. The van der Waals surface area contributed by atoms with E-state index >= 15 is 0 Å². The Bertz CT molecular complexity index is 333. The van der Waals surface area contributed by atoms with Crippen LogP contribution in [0.2, 0.25) is 0 Å². The Morgan fingerprint density at radius 1 is 1.33 bits per heavy atom. The van der Waals surface area contributed by atoms with Crippen molar-refractivity contribution in [1.29, 1.82) is 0 Å². The van der Waals surface area contributed by atoms with Gasteiger partial charge < -0.3 is 10.6 Å². The number of anilines is 1. The Labute approximate surface area is 92.1 Å². The van der Waals surface area contributed by atoms with Crippen molar-refractivity contribution in [2.45, 2.75) is 26.3 Å². The largest absolute Gasteiger partial charge is 0.369 e. The molecule has 2 rings (SSSR count). The van der Waals surface area contributed by atoms with E-state index in [4.69, 9.17) is 5.73 Å². The highest BCUT2D eigenvalue weighted by Crippen LogP contribution is 2.27. The molecule has 1 aromatic rings. The van der Waals surface area contributed by atoms with Gasteiger partial charge in [0.05, 0.1) is 0 Å². The first-order valence-corrected chi connectivity index (χ1v) is 5.77. The molecule has 2 N–H and O–H groups in total. The Hall–Kier alpha value is -1.02. The van der Waals surface area contributed by atoms with Gasteiger partial charge in [-0.05, 0) is 24.0 Å². The van der Waals surface area contributed by atoms with E-state index in [1.807, 2.05) is 0 Å². The van der Waals surface area contributed by atoms with Crippen molar-refractivity contribution >= 4 is 5.69 Å². The van der Waals surface area contributed by atoms with E-state index in [1.54, 1.807) is 0 Å². The quantitative estimate of drug-likeness (QED) is 0.816. The van der Waals surface area contributed by atoms with Crippen molar-refractivity contribution in [3.63, 3.8) is 0 Å². The molecule has 1 aliphatic rings. The number of hydrogen-bond acceptors (Lipinski definition) is 2. The van der Waals surface area contributed by atoms with Gasteiger partial charge in [-0.15, -0.1) is 0 Å². The predicted molar refractivity (Wildman–Crippen MR) is 65.2 cm³/mol. The van der Waals surface area contributed by atoms with E-state index < -0.39 is 0 Å². The molecule has 1 atom stereocenters.